The molecule has 1 fully saturated rings. The predicted molar refractivity (Wildman–Crippen MR) is 64.9 cm³/mol. The first-order valence-electron chi connectivity index (χ1n) is 5.75. The van der Waals surface area contributed by atoms with E-state index in [2.05, 4.69) is 22.2 Å². The summed E-state index contributed by atoms with van der Waals surface area (Å²) in [5.74, 6) is 1.53. The third-order valence-electron chi connectivity index (χ3n) is 2.87. The highest BCUT2D eigenvalue weighted by Gasteiger charge is 2.25. The van der Waals surface area contributed by atoms with Gasteiger partial charge < -0.3 is 15.0 Å². The van der Waals surface area contributed by atoms with E-state index in [0.29, 0.717) is 5.88 Å². The fourth-order valence-corrected chi connectivity index (χ4v) is 1.69. The van der Waals surface area contributed by atoms with Gasteiger partial charge in [0.2, 0.25) is 5.88 Å². The van der Waals surface area contributed by atoms with E-state index >= 15 is 0 Å². The number of pyridine rings is 1. The Morgan fingerprint density at radius 3 is 3.00 bits per heavy atom. The SMILES string of the molecule is COc1cccc(NCCN(C)C2CC2)n1. The summed E-state index contributed by atoms with van der Waals surface area (Å²) in [7, 11) is 3.81. The van der Waals surface area contributed by atoms with E-state index < -0.39 is 0 Å². The molecule has 1 heterocycles. The number of nitrogens with one attached hydrogen (secondary N) is 1. The molecule has 0 aromatic carbocycles. The lowest BCUT2D eigenvalue weighted by Gasteiger charge is -2.16. The Bertz CT molecular complexity index is 339. The maximum absolute atomic E-state index is 5.07. The Balaban J connectivity index is 1.75. The van der Waals surface area contributed by atoms with Gasteiger partial charge in [-0.1, -0.05) is 6.07 Å². The number of likely N-dealkylation sites (N-methyl/N-ethyl adjacent to an activating group) is 1. The van der Waals surface area contributed by atoms with E-state index in [1.54, 1.807) is 7.11 Å². The summed E-state index contributed by atoms with van der Waals surface area (Å²) in [4.78, 5) is 6.69. The maximum Gasteiger partial charge on any atom is 0.214 e. The number of hydrogen-bond donors (Lipinski definition) is 1. The van der Waals surface area contributed by atoms with Crippen LogP contribution < -0.4 is 10.1 Å². The van der Waals surface area contributed by atoms with Crippen molar-refractivity contribution in [2.75, 3.05) is 32.6 Å². The van der Waals surface area contributed by atoms with Crippen LogP contribution in [0.3, 0.4) is 0 Å². The summed E-state index contributed by atoms with van der Waals surface area (Å²) in [6.45, 7) is 1.98. The van der Waals surface area contributed by atoms with E-state index in [-0.39, 0.29) is 0 Å². The summed E-state index contributed by atoms with van der Waals surface area (Å²) >= 11 is 0. The molecule has 1 aromatic heterocycles. The van der Waals surface area contributed by atoms with Crippen LogP contribution in [0.2, 0.25) is 0 Å². The molecule has 0 amide bonds. The number of rotatable bonds is 6. The van der Waals surface area contributed by atoms with Crippen molar-refractivity contribution in [3.8, 4) is 5.88 Å². The summed E-state index contributed by atoms with van der Waals surface area (Å²) in [5, 5.41) is 3.30. The molecule has 0 atom stereocenters. The Morgan fingerprint density at radius 1 is 1.50 bits per heavy atom. The minimum atomic E-state index is 0.653. The van der Waals surface area contributed by atoms with Crippen LogP contribution in [0.25, 0.3) is 0 Å². The molecule has 16 heavy (non-hydrogen) atoms. The lowest BCUT2D eigenvalue weighted by molar-refractivity contribution is 0.337. The molecule has 88 valence electrons. The minimum absolute atomic E-state index is 0.653. The molecule has 4 nitrogen and oxygen atoms in total. The third kappa shape index (κ3) is 3.10. The number of anilines is 1. The average molecular weight is 221 g/mol. The highest BCUT2D eigenvalue weighted by Crippen LogP contribution is 2.24. The van der Waals surface area contributed by atoms with E-state index in [1.165, 1.54) is 12.8 Å². The van der Waals surface area contributed by atoms with Gasteiger partial charge in [-0.05, 0) is 26.0 Å². The van der Waals surface area contributed by atoms with Gasteiger partial charge in [-0.25, -0.2) is 0 Å². The van der Waals surface area contributed by atoms with Crippen molar-refractivity contribution < 1.29 is 4.74 Å². The van der Waals surface area contributed by atoms with Crippen LogP contribution in [0.5, 0.6) is 5.88 Å². The quantitative estimate of drug-likeness (QED) is 0.791. The zero-order chi connectivity index (χ0) is 11.4. The smallest absolute Gasteiger partial charge is 0.214 e. The topological polar surface area (TPSA) is 37.4 Å². The van der Waals surface area contributed by atoms with E-state index in [4.69, 9.17) is 4.74 Å². The second-order valence-corrected chi connectivity index (χ2v) is 4.20. The summed E-state index contributed by atoms with van der Waals surface area (Å²) < 4.78 is 5.07. The van der Waals surface area contributed by atoms with Crippen LogP contribution in [0.4, 0.5) is 5.82 Å². The molecule has 4 heteroatoms. The van der Waals surface area contributed by atoms with Crippen molar-refractivity contribution in [1.82, 2.24) is 9.88 Å². The second kappa shape index (κ2) is 5.16. The van der Waals surface area contributed by atoms with Crippen molar-refractivity contribution in [2.45, 2.75) is 18.9 Å². The van der Waals surface area contributed by atoms with Crippen LogP contribution in [0.1, 0.15) is 12.8 Å². The summed E-state index contributed by atoms with van der Waals surface area (Å²) in [6.07, 6.45) is 2.71. The molecule has 1 saturated carbocycles. The molecule has 1 aliphatic rings. The molecule has 0 radical (unpaired) electrons. The van der Waals surface area contributed by atoms with Gasteiger partial charge in [0.05, 0.1) is 7.11 Å². The molecular formula is C12H19N3O. The largest absolute Gasteiger partial charge is 0.481 e. The summed E-state index contributed by atoms with van der Waals surface area (Å²) in [5.41, 5.74) is 0. The van der Waals surface area contributed by atoms with Crippen LogP contribution in [0.15, 0.2) is 18.2 Å². The molecule has 2 rings (SSSR count). The van der Waals surface area contributed by atoms with Crippen molar-refractivity contribution in [3.63, 3.8) is 0 Å². The van der Waals surface area contributed by atoms with Crippen LogP contribution >= 0.6 is 0 Å². The molecule has 1 N–H and O–H groups in total. The van der Waals surface area contributed by atoms with Crippen molar-refractivity contribution in [2.24, 2.45) is 0 Å². The molecule has 1 aliphatic carbocycles. The molecule has 1 aromatic rings. The third-order valence-corrected chi connectivity index (χ3v) is 2.87. The molecule has 0 unspecified atom stereocenters. The molecule has 0 saturated heterocycles. The summed E-state index contributed by atoms with van der Waals surface area (Å²) in [6, 6.07) is 6.57. The first-order valence-corrected chi connectivity index (χ1v) is 5.75. The fourth-order valence-electron chi connectivity index (χ4n) is 1.69. The van der Waals surface area contributed by atoms with Crippen molar-refractivity contribution in [3.05, 3.63) is 18.2 Å². The number of hydrogen-bond acceptors (Lipinski definition) is 4. The Labute approximate surface area is 96.6 Å². The Kier molecular flexibility index (Phi) is 3.62. The van der Waals surface area contributed by atoms with E-state index in [0.717, 1.165) is 24.9 Å². The minimum Gasteiger partial charge on any atom is -0.481 e. The molecule has 0 bridgehead atoms. The fraction of sp³-hybridized carbons (Fsp3) is 0.583. The molecular weight excluding hydrogens is 202 g/mol. The van der Waals surface area contributed by atoms with Gasteiger partial charge in [0.1, 0.15) is 5.82 Å². The number of ether oxygens (including phenoxy) is 1. The Morgan fingerprint density at radius 2 is 2.31 bits per heavy atom. The van der Waals surface area contributed by atoms with Gasteiger partial charge in [-0.15, -0.1) is 0 Å². The second-order valence-electron chi connectivity index (χ2n) is 4.20. The van der Waals surface area contributed by atoms with Gasteiger partial charge in [0, 0.05) is 25.2 Å². The molecule has 0 aliphatic heterocycles. The van der Waals surface area contributed by atoms with E-state index in [9.17, 15) is 0 Å². The standard InChI is InChI=1S/C12H19N3O/c1-15(10-6-7-10)9-8-13-11-4-3-5-12(14-11)16-2/h3-5,10H,6-9H2,1-2H3,(H,13,14). The zero-order valence-corrected chi connectivity index (χ0v) is 9.94. The van der Waals surface area contributed by atoms with Crippen molar-refractivity contribution in [1.29, 1.82) is 0 Å². The lowest BCUT2D eigenvalue weighted by Crippen LogP contribution is -2.27. The van der Waals surface area contributed by atoms with Crippen LogP contribution in [-0.2, 0) is 0 Å². The highest BCUT2D eigenvalue weighted by atomic mass is 16.5. The highest BCUT2D eigenvalue weighted by molar-refractivity contribution is 5.36. The number of methoxy groups -OCH3 is 1. The van der Waals surface area contributed by atoms with Gasteiger partial charge in [-0.2, -0.15) is 4.98 Å². The van der Waals surface area contributed by atoms with Crippen LogP contribution in [0, 0.1) is 0 Å². The van der Waals surface area contributed by atoms with Gasteiger partial charge in [0.15, 0.2) is 0 Å². The first kappa shape index (κ1) is 11.2. The predicted octanol–water partition coefficient (Wildman–Crippen LogP) is 1.60. The van der Waals surface area contributed by atoms with Crippen molar-refractivity contribution >= 4 is 5.82 Å². The zero-order valence-electron chi connectivity index (χ0n) is 9.94. The number of aromatic nitrogens is 1. The van der Waals surface area contributed by atoms with Crippen LogP contribution in [-0.4, -0.2) is 43.2 Å². The van der Waals surface area contributed by atoms with Gasteiger partial charge in [0.25, 0.3) is 0 Å². The average Bonchev–Trinajstić information content (AvgIpc) is 3.13. The monoisotopic (exact) mass is 221 g/mol. The normalized spacial score (nSPS) is 15.2. The number of nitrogens with zero attached hydrogens (tertiary/aromatic N) is 2. The first-order chi connectivity index (χ1) is 7.79. The van der Waals surface area contributed by atoms with Gasteiger partial charge in [-0.3, -0.25) is 0 Å². The molecule has 0 spiro atoms. The Hall–Kier alpha value is -1.29. The van der Waals surface area contributed by atoms with Gasteiger partial charge >= 0.3 is 0 Å². The maximum atomic E-state index is 5.07. The van der Waals surface area contributed by atoms with E-state index in [1.807, 2.05) is 18.2 Å². The lowest BCUT2D eigenvalue weighted by atomic mass is 10.4.